The molecule has 0 rings (SSSR count). The number of unbranched alkanes of at least 4 members (excludes halogenated alkanes) is 9. The van der Waals surface area contributed by atoms with Gasteiger partial charge in [-0.2, -0.15) is 0 Å². The van der Waals surface area contributed by atoms with Crippen LogP contribution in [0.4, 0.5) is 0 Å². The van der Waals surface area contributed by atoms with Crippen molar-refractivity contribution in [2.75, 3.05) is 39.5 Å². The fourth-order valence-corrected chi connectivity index (χ4v) is 3.23. The van der Waals surface area contributed by atoms with Crippen molar-refractivity contribution < 1.29 is 38.9 Å². The van der Waals surface area contributed by atoms with Crippen LogP contribution in [0.25, 0.3) is 0 Å². The lowest BCUT2D eigenvalue weighted by Crippen LogP contribution is -2.29. The van der Waals surface area contributed by atoms with Crippen LogP contribution in [-0.2, 0) is 28.7 Å². The van der Waals surface area contributed by atoms with Crippen molar-refractivity contribution in [3.8, 4) is 0 Å². The van der Waals surface area contributed by atoms with Gasteiger partial charge in [0.1, 0.15) is 6.61 Å². The second kappa shape index (κ2) is 23.9. The third-order valence-electron chi connectivity index (χ3n) is 5.11. The number of carboxylic acid groups (broad SMARTS) is 2. The second-order valence-electron chi connectivity index (χ2n) is 8.29. The Morgan fingerprint density at radius 2 is 1.00 bits per heavy atom. The summed E-state index contributed by atoms with van der Waals surface area (Å²) in [5.74, 6) is -1.96. The van der Waals surface area contributed by atoms with E-state index in [0.717, 1.165) is 38.5 Å². The minimum absolute atomic E-state index is 0.00383. The molecule has 4 N–H and O–H groups in total. The first-order chi connectivity index (χ1) is 16.4. The quantitative estimate of drug-likeness (QED) is 0.143. The summed E-state index contributed by atoms with van der Waals surface area (Å²) in [6.45, 7) is 1.93. The highest BCUT2D eigenvalue weighted by atomic mass is 16.5. The third kappa shape index (κ3) is 26.1. The molecule has 0 aliphatic heterocycles. The van der Waals surface area contributed by atoms with Gasteiger partial charge in [-0.1, -0.05) is 51.4 Å². The Bertz CT molecular complexity index is 557. The summed E-state index contributed by atoms with van der Waals surface area (Å²) in [6, 6.07) is 0. The summed E-state index contributed by atoms with van der Waals surface area (Å²) in [5, 5.41) is 22.6. The first kappa shape index (κ1) is 31.8. The predicted octanol–water partition coefficient (Wildman–Crippen LogP) is 2.88. The van der Waals surface area contributed by atoms with Gasteiger partial charge in [0.25, 0.3) is 0 Å². The molecule has 0 fully saturated rings. The molecule has 0 bridgehead atoms. The van der Waals surface area contributed by atoms with E-state index in [9.17, 15) is 19.2 Å². The summed E-state index contributed by atoms with van der Waals surface area (Å²) in [6.07, 6.45) is 11.6. The van der Waals surface area contributed by atoms with Crippen molar-refractivity contribution in [3.63, 3.8) is 0 Å². The summed E-state index contributed by atoms with van der Waals surface area (Å²) < 4.78 is 10.6. The van der Waals surface area contributed by atoms with Crippen LogP contribution >= 0.6 is 0 Å². The van der Waals surface area contributed by atoms with E-state index < -0.39 is 11.9 Å². The van der Waals surface area contributed by atoms with Crippen molar-refractivity contribution in [1.82, 2.24) is 10.6 Å². The van der Waals surface area contributed by atoms with Gasteiger partial charge in [0, 0.05) is 32.4 Å². The summed E-state index contributed by atoms with van der Waals surface area (Å²) in [7, 11) is 0. The molecule has 0 aromatic heterocycles. The highest BCUT2D eigenvalue weighted by Gasteiger charge is 2.04. The molecular weight excluding hydrogens is 444 g/mol. The van der Waals surface area contributed by atoms with Gasteiger partial charge in [0.2, 0.25) is 11.8 Å². The van der Waals surface area contributed by atoms with Gasteiger partial charge in [-0.25, -0.2) is 0 Å². The first-order valence-electron chi connectivity index (χ1n) is 12.5. The Kier molecular flexibility index (Phi) is 22.4. The molecule has 0 atom stereocenters. The molecule has 0 spiro atoms. The number of carbonyl (C=O) groups excluding carboxylic acids is 2. The first-order valence-corrected chi connectivity index (χ1v) is 12.5. The van der Waals surface area contributed by atoms with Crippen LogP contribution < -0.4 is 10.6 Å². The Labute approximate surface area is 203 Å². The maximum atomic E-state index is 11.7. The van der Waals surface area contributed by atoms with Crippen LogP contribution in [0.3, 0.4) is 0 Å². The van der Waals surface area contributed by atoms with Crippen molar-refractivity contribution >= 4 is 23.8 Å². The van der Waals surface area contributed by atoms with E-state index in [1.165, 1.54) is 25.7 Å². The molecule has 0 saturated carbocycles. The van der Waals surface area contributed by atoms with E-state index in [-0.39, 0.29) is 37.7 Å². The highest BCUT2D eigenvalue weighted by Crippen LogP contribution is 2.11. The monoisotopic (exact) mass is 488 g/mol. The van der Waals surface area contributed by atoms with Crippen LogP contribution in [0.1, 0.15) is 89.9 Å². The molecule has 0 aliphatic carbocycles. The number of carboxylic acids is 2. The average molecular weight is 489 g/mol. The normalized spacial score (nSPS) is 10.7. The number of ether oxygens (including phenoxy) is 2. The zero-order valence-corrected chi connectivity index (χ0v) is 20.5. The van der Waals surface area contributed by atoms with Gasteiger partial charge in [-0.05, 0) is 19.3 Å². The zero-order chi connectivity index (χ0) is 25.3. The van der Waals surface area contributed by atoms with E-state index in [1.807, 2.05) is 0 Å². The average Bonchev–Trinajstić information content (AvgIpc) is 2.78. The Morgan fingerprint density at radius 3 is 1.62 bits per heavy atom. The van der Waals surface area contributed by atoms with E-state index in [1.54, 1.807) is 0 Å². The molecule has 0 aromatic rings. The molecule has 0 aromatic carbocycles. The third-order valence-corrected chi connectivity index (χ3v) is 5.11. The fraction of sp³-hybridized carbons (Fsp3) is 0.833. The molecule has 34 heavy (non-hydrogen) atoms. The SMILES string of the molecule is O=C(O)CCCCCCCCCCCCNC(=O)COCCOCCNC(=O)CCCC(=O)O. The van der Waals surface area contributed by atoms with Crippen molar-refractivity contribution in [1.29, 1.82) is 0 Å². The van der Waals surface area contributed by atoms with E-state index >= 15 is 0 Å². The topological polar surface area (TPSA) is 151 Å². The maximum Gasteiger partial charge on any atom is 0.303 e. The van der Waals surface area contributed by atoms with Crippen LogP contribution in [0.2, 0.25) is 0 Å². The fourth-order valence-electron chi connectivity index (χ4n) is 3.23. The van der Waals surface area contributed by atoms with Gasteiger partial charge >= 0.3 is 11.9 Å². The van der Waals surface area contributed by atoms with Crippen LogP contribution in [0.5, 0.6) is 0 Å². The molecular formula is C24H44N2O8. The van der Waals surface area contributed by atoms with Crippen molar-refractivity contribution in [2.24, 2.45) is 0 Å². The molecule has 0 saturated heterocycles. The maximum absolute atomic E-state index is 11.7. The number of hydrogen-bond donors (Lipinski definition) is 4. The van der Waals surface area contributed by atoms with Crippen LogP contribution in [0.15, 0.2) is 0 Å². The number of aliphatic carboxylic acids is 2. The number of hydrogen-bond acceptors (Lipinski definition) is 6. The van der Waals surface area contributed by atoms with Crippen LogP contribution in [-0.4, -0.2) is 73.5 Å². The lowest BCUT2D eigenvalue weighted by molar-refractivity contribution is -0.138. The van der Waals surface area contributed by atoms with Gasteiger partial charge in [-0.15, -0.1) is 0 Å². The van der Waals surface area contributed by atoms with E-state index in [0.29, 0.717) is 39.3 Å². The number of rotatable bonds is 25. The highest BCUT2D eigenvalue weighted by molar-refractivity contribution is 5.77. The van der Waals surface area contributed by atoms with E-state index in [4.69, 9.17) is 19.7 Å². The molecule has 0 unspecified atom stereocenters. The van der Waals surface area contributed by atoms with Gasteiger partial charge in [0.05, 0.1) is 19.8 Å². The smallest absolute Gasteiger partial charge is 0.303 e. The van der Waals surface area contributed by atoms with Gasteiger partial charge < -0.3 is 30.3 Å². The summed E-state index contributed by atoms with van der Waals surface area (Å²) >= 11 is 0. The molecule has 0 aliphatic rings. The minimum atomic E-state index is -0.910. The van der Waals surface area contributed by atoms with Gasteiger partial charge in [-0.3, -0.25) is 19.2 Å². The summed E-state index contributed by atoms with van der Waals surface area (Å²) in [4.78, 5) is 43.9. The van der Waals surface area contributed by atoms with Crippen molar-refractivity contribution in [2.45, 2.75) is 89.9 Å². The lowest BCUT2D eigenvalue weighted by atomic mass is 10.1. The standard InChI is InChI=1S/C24H44N2O8/c27-21(12-11-14-24(31)32)26-16-17-33-18-19-34-20-22(28)25-15-10-8-6-4-2-1-3-5-7-9-13-23(29)30/h1-20H2,(H,25,28)(H,26,27)(H,29,30)(H,31,32). The van der Waals surface area contributed by atoms with Crippen LogP contribution in [0, 0.1) is 0 Å². The zero-order valence-electron chi connectivity index (χ0n) is 20.5. The molecule has 10 heteroatoms. The second-order valence-corrected chi connectivity index (χ2v) is 8.29. The summed E-state index contributed by atoms with van der Waals surface area (Å²) in [5.41, 5.74) is 0. The molecule has 0 radical (unpaired) electrons. The number of amides is 2. The molecule has 2 amide bonds. The molecule has 198 valence electrons. The number of nitrogens with one attached hydrogen (secondary N) is 2. The Balaban J connectivity index is 3.26. The lowest BCUT2D eigenvalue weighted by Gasteiger charge is -2.08. The Hall–Kier alpha value is -2.20. The van der Waals surface area contributed by atoms with E-state index in [2.05, 4.69) is 10.6 Å². The molecule has 0 heterocycles. The minimum Gasteiger partial charge on any atom is -0.481 e. The number of carbonyl (C=O) groups is 4. The molecule has 10 nitrogen and oxygen atoms in total. The van der Waals surface area contributed by atoms with Gasteiger partial charge in [0.15, 0.2) is 0 Å². The largest absolute Gasteiger partial charge is 0.481 e. The Morgan fingerprint density at radius 1 is 0.500 bits per heavy atom. The van der Waals surface area contributed by atoms with Crippen molar-refractivity contribution in [3.05, 3.63) is 0 Å². The predicted molar refractivity (Wildman–Crippen MR) is 128 cm³/mol.